The number of carbonyl (C=O) groups excluding carboxylic acids is 1. The predicted molar refractivity (Wildman–Crippen MR) is 88.7 cm³/mol. The van der Waals surface area contributed by atoms with Gasteiger partial charge in [-0.05, 0) is 43.2 Å². The van der Waals surface area contributed by atoms with E-state index in [0.29, 0.717) is 18.2 Å². The number of nitrogens with one attached hydrogen (secondary N) is 1. The molecule has 1 unspecified atom stereocenters. The first-order valence-electron chi connectivity index (χ1n) is 8.09. The summed E-state index contributed by atoms with van der Waals surface area (Å²) < 4.78 is 40.3. The van der Waals surface area contributed by atoms with Crippen LogP contribution in [0.2, 0.25) is 0 Å². The van der Waals surface area contributed by atoms with Crippen molar-refractivity contribution in [1.29, 1.82) is 0 Å². The average Bonchev–Trinajstić information content (AvgIpc) is 2.63. The van der Waals surface area contributed by atoms with Crippen LogP contribution in [0.3, 0.4) is 0 Å². The van der Waals surface area contributed by atoms with Crippen LogP contribution in [0.1, 0.15) is 12.8 Å². The van der Waals surface area contributed by atoms with Gasteiger partial charge in [-0.1, -0.05) is 0 Å². The van der Waals surface area contributed by atoms with Crippen molar-refractivity contribution < 1.29 is 22.7 Å². The van der Waals surface area contributed by atoms with E-state index in [2.05, 4.69) is 20.0 Å². The number of piperidine rings is 1. The summed E-state index contributed by atoms with van der Waals surface area (Å²) in [6.07, 6.45) is 0.113. The summed E-state index contributed by atoms with van der Waals surface area (Å²) in [5.41, 5.74) is 0.414. The Labute approximate surface area is 148 Å². The number of nitrogens with zero attached hydrogens (tertiary/aromatic N) is 3. The molecule has 1 fully saturated rings. The zero-order chi connectivity index (χ0) is 18.6. The number of rotatable bonds is 4. The monoisotopic (exact) mass is 366 g/mol. The van der Waals surface area contributed by atoms with Crippen molar-refractivity contribution in [3.8, 4) is 5.75 Å². The average molecular weight is 366 g/mol. The van der Waals surface area contributed by atoms with Gasteiger partial charge in [-0.15, -0.1) is 13.2 Å². The lowest BCUT2D eigenvalue weighted by Gasteiger charge is -2.31. The van der Waals surface area contributed by atoms with Crippen LogP contribution in [-0.2, 0) is 4.79 Å². The number of aromatic nitrogens is 2. The third-order valence-electron chi connectivity index (χ3n) is 3.98. The van der Waals surface area contributed by atoms with Gasteiger partial charge in [0.1, 0.15) is 5.75 Å². The number of anilines is 2. The molecule has 1 amide bonds. The SMILES string of the molecule is O=C(Nc1ccc(OC(F)(F)F)cc1)C1CCCN(c2ncccn2)C1. The molecule has 1 saturated heterocycles. The summed E-state index contributed by atoms with van der Waals surface area (Å²) in [6, 6.07) is 6.80. The normalized spacial score (nSPS) is 17.7. The maximum Gasteiger partial charge on any atom is 0.573 e. The van der Waals surface area contributed by atoms with Crippen molar-refractivity contribution in [1.82, 2.24) is 9.97 Å². The van der Waals surface area contributed by atoms with Gasteiger partial charge in [-0.25, -0.2) is 9.97 Å². The summed E-state index contributed by atoms with van der Waals surface area (Å²) >= 11 is 0. The first-order chi connectivity index (χ1) is 12.4. The van der Waals surface area contributed by atoms with Crippen LogP contribution in [0.15, 0.2) is 42.7 Å². The van der Waals surface area contributed by atoms with Crippen molar-refractivity contribution >= 4 is 17.5 Å². The van der Waals surface area contributed by atoms with Gasteiger partial charge in [0.15, 0.2) is 0 Å². The van der Waals surface area contributed by atoms with E-state index >= 15 is 0 Å². The van der Waals surface area contributed by atoms with Gasteiger partial charge in [0.2, 0.25) is 11.9 Å². The van der Waals surface area contributed by atoms with Crippen LogP contribution < -0.4 is 15.0 Å². The van der Waals surface area contributed by atoms with Crippen molar-refractivity contribution in [3.63, 3.8) is 0 Å². The molecule has 1 atom stereocenters. The molecule has 2 aromatic rings. The second kappa shape index (κ2) is 7.59. The van der Waals surface area contributed by atoms with Crippen LogP contribution in [0.4, 0.5) is 24.8 Å². The first kappa shape index (κ1) is 18.0. The Morgan fingerprint density at radius 3 is 2.54 bits per heavy atom. The maximum atomic E-state index is 12.5. The van der Waals surface area contributed by atoms with Crippen molar-refractivity contribution in [2.75, 3.05) is 23.3 Å². The Morgan fingerprint density at radius 2 is 1.88 bits per heavy atom. The summed E-state index contributed by atoms with van der Waals surface area (Å²) in [5.74, 6) is -0.187. The minimum Gasteiger partial charge on any atom is -0.406 e. The standard InChI is InChI=1S/C17H17F3N4O2/c18-17(19,20)26-14-6-4-13(5-7-14)23-15(25)12-3-1-10-24(11-12)16-21-8-2-9-22-16/h2,4-9,12H,1,3,10-11H2,(H,23,25). The molecule has 26 heavy (non-hydrogen) atoms. The number of halogens is 3. The van der Waals surface area contributed by atoms with Crippen LogP contribution >= 0.6 is 0 Å². The van der Waals surface area contributed by atoms with E-state index in [4.69, 9.17) is 0 Å². The second-order valence-corrected chi connectivity index (χ2v) is 5.90. The molecule has 0 radical (unpaired) electrons. The topological polar surface area (TPSA) is 67.3 Å². The fourth-order valence-corrected chi connectivity index (χ4v) is 2.81. The predicted octanol–water partition coefficient (Wildman–Crippen LogP) is 3.23. The lowest BCUT2D eigenvalue weighted by atomic mass is 9.97. The van der Waals surface area contributed by atoms with E-state index < -0.39 is 6.36 Å². The number of hydrogen-bond acceptors (Lipinski definition) is 5. The molecule has 0 spiro atoms. The third kappa shape index (κ3) is 4.84. The van der Waals surface area contributed by atoms with Crippen molar-refractivity contribution in [3.05, 3.63) is 42.7 Å². The Morgan fingerprint density at radius 1 is 1.19 bits per heavy atom. The number of carbonyl (C=O) groups is 1. The molecule has 1 aliphatic rings. The molecule has 1 aromatic heterocycles. The van der Waals surface area contributed by atoms with Crippen LogP contribution in [0.5, 0.6) is 5.75 Å². The van der Waals surface area contributed by atoms with Gasteiger partial charge in [-0.2, -0.15) is 0 Å². The van der Waals surface area contributed by atoms with Gasteiger partial charge in [0.05, 0.1) is 5.92 Å². The number of benzene rings is 1. The minimum atomic E-state index is -4.74. The van der Waals surface area contributed by atoms with Crippen molar-refractivity contribution in [2.45, 2.75) is 19.2 Å². The fourth-order valence-electron chi connectivity index (χ4n) is 2.81. The Balaban J connectivity index is 1.59. The van der Waals surface area contributed by atoms with Gasteiger partial charge < -0.3 is 15.0 Å². The Hall–Kier alpha value is -2.84. The second-order valence-electron chi connectivity index (χ2n) is 5.90. The highest BCUT2D eigenvalue weighted by Gasteiger charge is 2.31. The molecule has 2 heterocycles. The number of ether oxygens (including phenoxy) is 1. The van der Waals surface area contributed by atoms with E-state index in [1.165, 1.54) is 12.1 Å². The largest absolute Gasteiger partial charge is 0.573 e. The van der Waals surface area contributed by atoms with Gasteiger partial charge in [0.25, 0.3) is 0 Å². The lowest BCUT2D eigenvalue weighted by molar-refractivity contribution is -0.274. The van der Waals surface area contributed by atoms with Gasteiger partial charge in [0, 0.05) is 31.2 Å². The zero-order valence-corrected chi connectivity index (χ0v) is 13.7. The van der Waals surface area contributed by atoms with E-state index in [-0.39, 0.29) is 17.6 Å². The third-order valence-corrected chi connectivity index (χ3v) is 3.98. The fraction of sp³-hybridized carbons (Fsp3) is 0.353. The van der Waals surface area contributed by atoms with E-state index in [9.17, 15) is 18.0 Å². The first-order valence-corrected chi connectivity index (χ1v) is 8.09. The number of amides is 1. The molecular formula is C17H17F3N4O2. The van der Waals surface area contributed by atoms with E-state index in [1.54, 1.807) is 18.5 Å². The summed E-state index contributed by atoms with van der Waals surface area (Å²) in [4.78, 5) is 22.8. The van der Waals surface area contributed by atoms with Crippen LogP contribution in [0.25, 0.3) is 0 Å². The van der Waals surface area contributed by atoms with Gasteiger partial charge in [-0.3, -0.25) is 4.79 Å². The Bertz CT molecular complexity index is 738. The molecule has 6 nitrogen and oxygen atoms in total. The lowest BCUT2D eigenvalue weighted by Crippen LogP contribution is -2.41. The highest BCUT2D eigenvalue weighted by molar-refractivity contribution is 5.93. The highest BCUT2D eigenvalue weighted by Crippen LogP contribution is 2.25. The summed E-state index contributed by atoms with van der Waals surface area (Å²) in [6.45, 7) is 1.27. The van der Waals surface area contributed by atoms with Crippen LogP contribution in [0, 0.1) is 5.92 Å². The van der Waals surface area contributed by atoms with E-state index in [1.807, 2.05) is 4.90 Å². The molecule has 0 bridgehead atoms. The van der Waals surface area contributed by atoms with Crippen molar-refractivity contribution in [2.24, 2.45) is 5.92 Å². The molecule has 1 aliphatic heterocycles. The van der Waals surface area contributed by atoms with Crippen LogP contribution in [-0.4, -0.2) is 35.3 Å². The molecule has 1 aromatic carbocycles. The Kier molecular flexibility index (Phi) is 5.24. The number of alkyl halides is 3. The van der Waals surface area contributed by atoms with E-state index in [0.717, 1.165) is 31.5 Å². The molecule has 0 saturated carbocycles. The molecule has 3 rings (SSSR count). The molecule has 9 heteroatoms. The number of hydrogen-bond donors (Lipinski definition) is 1. The maximum absolute atomic E-state index is 12.5. The highest BCUT2D eigenvalue weighted by atomic mass is 19.4. The molecule has 0 aliphatic carbocycles. The zero-order valence-electron chi connectivity index (χ0n) is 13.7. The molecule has 1 N–H and O–H groups in total. The summed E-state index contributed by atoms with van der Waals surface area (Å²) in [7, 11) is 0. The van der Waals surface area contributed by atoms with Gasteiger partial charge >= 0.3 is 6.36 Å². The summed E-state index contributed by atoms with van der Waals surface area (Å²) in [5, 5.41) is 2.73. The quantitative estimate of drug-likeness (QED) is 0.900. The smallest absolute Gasteiger partial charge is 0.406 e. The minimum absolute atomic E-state index is 0.185. The molecular weight excluding hydrogens is 349 g/mol. The molecule has 138 valence electrons.